The van der Waals surface area contributed by atoms with Crippen LogP contribution in [-0.2, 0) is 11.2 Å². The lowest BCUT2D eigenvalue weighted by Crippen LogP contribution is -2.32. The second-order valence-corrected chi connectivity index (χ2v) is 3.67. The van der Waals surface area contributed by atoms with Crippen molar-refractivity contribution in [2.75, 3.05) is 0 Å². The Morgan fingerprint density at radius 3 is 2.11 bits per heavy atom. The van der Waals surface area contributed by atoms with Gasteiger partial charge in [-0.15, -0.1) is 0 Å². The standard InChI is InChI=1S/C11H10F3NO3/c12-11(13,14)9(16)7-3-1-6(2-4-7)5-8(15)10(17)18/h1-4,8H,5,15H2,(H,17,18)/t8-/m0/s1. The number of carbonyl (C=O) groups excluding carboxylic acids is 1. The van der Waals surface area contributed by atoms with E-state index in [1.54, 1.807) is 0 Å². The van der Waals surface area contributed by atoms with Gasteiger partial charge >= 0.3 is 12.1 Å². The molecule has 0 aliphatic rings. The molecule has 0 saturated heterocycles. The van der Waals surface area contributed by atoms with Crippen LogP contribution in [-0.4, -0.2) is 29.1 Å². The molecule has 0 radical (unpaired) electrons. The van der Waals surface area contributed by atoms with Crippen LogP contribution in [0.1, 0.15) is 15.9 Å². The summed E-state index contributed by atoms with van der Waals surface area (Å²) in [5.74, 6) is -3.14. The van der Waals surface area contributed by atoms with E-state index in [9.17, 15) is 22.8 Å². The maximum atomic E-state index is 12.1. The van der Waals surface area contributed by atoms with Gasteiger partial charge in [0, 0.05) is 5.56 Å². The maximum absolute atomic E-state index is 12.1. The predicted octanol–water partition coefficient (Wildman–Crippen LogP) is 1.39. The summed E-state index contributed by atoms with van der Waals surface area (Å²) >= 11 is 0. The molecule has 4 nitrogen and oxygen atoms in total. The lowest BCUT2D eigenvalue weighted by Gasteiger charge is -2.08. The van der Waals surface area contributed by atoms with Crippen molar-refractivity contribution < 1.29 is 27.9 Å². The molecule has 3 N–H and O–H groups in total. The highest BCUT2D eigenvalue weighted by atomic mass is 19.4. The molecule has 0 aliphatic carbocycles. The summed E-state index contributed by atoms with van der Waals surface area (Å²) in [6.07, 6.45) is -4.94. The molecule has 0 bridgehead atoms. The maximum Gasteiger partial charge on any atom is 0.454 e. The van der Waals surface area contributed by atoms with E-state index < -0.39 is 29.5 Å². The van der Waals surface area contributed by atoms with Crippen LogP contribution in [0.5, 0.6) is 0 Å². The van der Waals surface area contributed by atoms with Crippen LogP contribution >= 0.6 is 0 Å². The fourth-order valence-electron chi connectivity index (χ4n) is 1.30. The third-order valence-electron chi connectivity index (χ3n) is 2.25. The van der Waals surface area contributed by atoms with Crippen LogP contribution in [0.25, 0.3) is 0 Å². The van der Waals surface area contributed by atoms with Gasteiger partial charge in [0.05, 0.1) is 0 Å². The summed E-state index contributed by atoms with van der Waals surface area (Å²) in [6.45, 7) is 0. The SMILES string of the molecule is N[C@@H](Cc1ccc(C(=O)C(F)(F)F)cc1)C(=O)O. The molecule has 1 aromatic rings. The molecule has 0 aliphatic heterocycles. The van der Waals surface area contributed by atoms with E-state index in [0.29, 0.717) is 5.56 Å². The first-order valence-corrected chi connectivity index (χ1v) is 4.90. The van der Waals surface area contributed by atoms with E-state index in [1.165, 1.54) is 12.1 Å². The molecule has 0 aromatic heterocycles. The molecule has 0 spiro atoms. The largest absolute Gasteiger partial charge is 0.480 e. The number of Topliss-reactive ketones (excluding diaryl/α,β-unsaturated/α-hetero) is 1. The number of carbonyl (C=O) groups is 2. The van der Waals surface area contributed by atoms with Crippen LogP contribution in [0.15, 0.2) is 24.3 Å². The van der Waals surface area contributed by atoms with Gasteiger partial charge in [-0.3, -0.25) is 9.59 Å². The molecule has 0 unspecified atom stereocenters. The molecule has 18 heavy (non-hydrogen) atoms. The van der Waals surface area contributed by atoms with Gasteiger partial charge in [0.25, 0.3) is 5.78 Å². The van der Waals surface area contributed by atoms with Crippen molar-refractivity contribution in [3.8, 4) is 0 Å². The molecule has 7 heteroatoms. The minimum absolute atomic E-state index is 0.0180. The number of benzene rings is 1. The van der Waals surface area contributed by atoms with Gasteiger partial charge in [-0.2, -0.15) is 13.2 Å². The molecule has 0 heterocycles. The highest BCUT2D eigenvalue weighted by Crippen LogP contribution is 2.21. The second kappa shape index (κ2) is 5.18. The first kappa shape index (κ1) is 14.2. The highest BCUT2D eigenvalue weighted by molar-refractivity contribution is 6.00. The molecule has 1 atom stereocenters. The first-order valence-electron chi connectivity index (χ1n) is 4.90. The summed E-state index contributed by atoms with van der Waals surface area (Å²) in [7, 11) is 0. The van der Waals surface area contributed by atoms with Crippen LogP contribution in [0.3, 0.4) is 0 Å². The first-order chi connectivity index (χ1) is 8.21. The highest BCUT2D eigenvalue weighted by Gasteiger charge is 2.39. The van der Waals surface area contributed by atoms with Crippen LogP contribution in [0.2, 0.25) is 0 Å². The van der Waals surface area contributed by atoms with Gasteiger partial charge < -0.3 is 10.8 Å². The van der Waals surface area contributed by atoms with Crippen molar-refractivity contribution in [2.24, 2.45) is 5.73 Å². The zero-order chi connectivity index (χ0) is 13.9. The van der Waals surface area contributed by atoms with E-state index >= 15 is 0 Å². The summed E-state index contributed by atoms with van der Waals surface area (Å²) < 4.78 is 36.3. The van der Waals surface area contributed by atoms with Crippen LogP contribution < -0.4 is 5.73 Å². The normalized spacial score (nSPS) is 13.1. The lowest BCUT2D eigenvalue weighted by molar-refractivity contribution is -0.138. The predicted molar refractivity (Wildman–Crippen MR) is 56.1 cm³/mol. The Morgan fingerprint density at radius 2 is 1.72 bits per heavy atom. The fourth-order valence-corrected chi connectivity index (χ4v) is 1.30. The Labute approximate surface area is 100 Å². The van der Waals surface area contributed by atoms with Crippen LogP contribution in [0.4, 0.5) is 13.2 Å². The Kier molecular flexibility index (Phi) is 4.07. The monoisotopic (exact) mass is 261 g/mol. The smallest absolute Gasteiger partial charge is 0.454 e. The summed E-state index contributed by atoms with van der Waals surface area (Å²) in [5.41, 5.74) is 5.23. The minimum atomic E-state index is -4.92. The zero-order valence-corrected chi connectivity index (χ0v) is 9.07. The Hall–Kier alpha value is -1.89. The Balaban J connectivity index is 2.81. The topological polar surface area (TPSA) is 80.4 Å². The summed E-state index contributed by atoms with van der Waals surface area (Å²) in [4.78, 5) is 21.3. The summed E-state index contributed by atoms with van der Waals surface area (Å²) in [6, 6.07) is 3.37. The van der Waals surface area contributed by atoms with Crippen molar-refractivity contribution in [1.82, 2.24) is 0 Å². The minimum Gasteiger partial charge on any atom is -0.480 e. The van der Waals surface area contributed by atoms with Gasteiger partial charge in [0.15, 0.2) is 0 Å². The van der Waals surface area contributed by atoms with Crippen molar-refractivity contribution in [3.05, 3.63) is 35.4 Å². The van der Waals surface area contributed by atoms with E-state index in [0.717, 1.165) is 12.1 Å². The van der Waals surface area contributed by atoms with E-state index in [4.69, 9.17) is 10.8 Å². The number of carboxylic acids is 1. The number of halogens is 3. The quantitative estimate of drug-likeness (QED) is 0.802. The summed E-state index contributed by atoms with van der Waals surface area (Å²) in [5, 5.41) is 8.56. The van der Waals surface area contributed by atoms with Gasteiger partial charge in [-0.05, 0) is 12.0 Å². The average molecular weight is 261 g/mol. The number of alkyl halides is 3. The van der Waals surface area contributed by atoms with Crippen molar-refractivity contribution >= 4 is 11.8 Å². The zero-order valence-electron chi connectivity index (χ0n) is 9.07. The van der Waals surface area contributed by atoms with E-state index in [1.807, 2.05) is 0 Å². The Morgan fingerprint density at radius 1 is 1.22 bits per heavy atom. The number of nitrogens with two attached hydrogens (primary N) is 1. The molecule has 1 rings (SSSR count). The van der Waals surface area contributed by atoms with Crippen molar-refractivity contribution in [1.29, 1.82) is 0 Å². The molecular formula is C11H10F3NO3. The van der Waals surface area contributed by atoms with Gasteiger partial charge in [0.2, 0.25) is 0 Å². The number of rotatable bonds is 4. The number of carboxylic acid groups (broad SMARTS) is 1. The van der Waals surface area contributed by atoms with Gasteiger partial charge in [0.1, 0.15) is 6.04 Å². The van der Waals surface area contributed by atoms with Crippen molar-refractivity contribution in [3.63, 3.8) is 0 Å². The van der Waals surface area contributed by atoms with E-state index in [2.05, 4.69) is 0 Å². The number of ketones is 1. The average Bonchev–Trinajstić information content (AvgIpc) is 2.27. The third kappa shape index (κ3) is 3.56. The molecule has 1 aromatic carbocycles. The number of hydrogen-bond donors (Lipinski definition) is 2. The molecule has 0 amide bonds. The second-order valence-electron chi connectivity index (χ2n) is 3.67. The number of hydrogen-bond acceptors (Lipinski definition) is 3. The van der Waals surface area contributed by atoms with Crippen molar-refractivity contribution in [2.45, 2.75) is 18.6 Å². The Bertz CT molecular complexity index is 454. The van der Waals surface area contributed by atoms with Gasteiger partial charge in [-0.25, -0.2) is 0 Å². The fraction of sp³-hybridized carbons (Fsp3) is 0.273. The third-order valence-corrected chi connectivity index (χ3v) is 2.25. The molecule has 0 fully saturated rings. The van der Waals surface area contributed by atoms with Gasteiger partial charge in [-0.1, -0.05) is 24.3 Å². The molecule has 0 saturated carbocycles. The molecular weight excluding hydrogens is 251 g/mol. The van der Waals surface area contributed by atoms with Crippen LogP contribution in [0, 0.1) is 0 Å². The number of aliphatic carboxylic acids is 1. The molecule has 98 valence electrons. The lowest BCUT2D eigenvalue weighted by atomic mass is 10.0. The van der Waals surface area contributed by atoms with E-state index in [-0.39, 0.29) is 6.42 Å².